The van der Waals surface area contributed by atoms with E-state index in [9.17, 15) is 4.79 Å². The van der Waals surface area contributed by atoms with Gasteiger partial charge in [-0.1, -0.05) is 11.6 Å². The van der Waals surface area contributed by atoms with E-state index in [4.69, 9.17) is 11.6 Å². The fourth-order valence-corrected chi connectivity index (χ4v) is 5.27. The summed E-state index contributed by atoms with van der Waals surface area (Å²) in [6.07, 6.45) is 7.26. The average Bonchev–Trinajstić information content (AvgIpc) is 3.45. The van der Waals surface area contributed by atoms with Crippen LogP contribution in [0.3, 0.4) is 0 Å². The molecule has 0 radical (unpaired) electrons. The number of carbonyl (C=O) groups excluding carboxylic acids is 1. The zero-order valence-electron chi connectivity index (χ0n) is 14.9. The van der Waals surface area contributed by atoms with Crippen molar-refractivity contribution in [3.05, 3.63) is 57.3 Å². The van der Waals surface area contributed by atoms with Crippen molar-refractivity contribution in [2.75, 3.05) is 6.54 Å². The van der Waals surface area contributed by atoms with E-state index in [1.807, 2.05) is 24.4 Å². The third-order valence-electron chi connectivity index (χ3n) is 5.10. The minimum absolute atomic E-state index is 0.0669. The molecule has 0 aliphatic heterocycles. The molecule has 142 valence electrons. The van der Waals surface area contributed by atoms with Gasteiger partial charge in [0.1, 0.15) is 11.3 Å². The Labute approximate surface area is 169 Å². The first-order valence-corrected chi connectivity index (χ1v) is 10.3. The lowest BCUT2D eigenvalue weighted by molar-refractivity contribution is 0.0953. The molecule has 9 heteroatoms. The molecule has 1 aromatic carbocycles. The number of fused-ring (bicyclic) bond motifs is 2. The van der Waals surface area contributed by atoms with E-state index < -0.39 is 0 Å². The molecule has 0 bridgehead atoms. The average molecular weight is 413 g/mol. The maximum atomic E-state index is 13.0. The van der Waals surface area contributed by atoms with E-state index in [1.165, 1.54) is 11.2 Å². The monoisotopic (exact) mass is 412 g/mol. The number of halogens is 1. The Morgan fingerprint density at radius 2 is 2.29 bits per heavy atom. The molecule has 7 nitrogen and oxygen atoms in total. The Bertz CT molecular complexity index is 1160. The summed E-state index contributed by atoms with van der Waals surface area (Å²) in [5.41, 5.74) is 4.04. The Morgan fingerprint density at radius 1 is 1.36 bits per heavy atom. The molecule has 1 amide bonds. The van der Waals surface area contributed by atoms with Crippen molar-refractivity contribution in [2.45, 2.75) is 25.7 Å². The standard InChI is InChI=1S/C19H17ClN6OS/c20-12-4-5-15-14(8-12)11(9-22-15)6-7-21-18(27)17-13-2-1-3-16(13)28-19(17)26-10-23-24-25-26/h4-5,8-10,22H,1-3,6-7H2,(H,21,27). The van der Waals surface area contributed by atoms with Crippen LogP contribution < -0.4 is 5.32 Å². The first-order chi connectivity index (χ1) is 13.7. The summed E-state index contributed by atoms with van der Waals surface area (Å²) < 4.78 is 1.58. The highest BCUT2D eigenvalue weighted by Crippen LogP contribution is 2.37. The number of hydrogen-bond acceptors (Lipinski definition) is 5. The molecule has 0 unspecified atom stereocenters. The number of H-pyrrole nitrogens is 1. The summed E-state index contributed by atoms with van der Waals surface area (Å²) in [7, 11) is 0. The van der Waals surface area contributed by atoms with E-state index in [0.717, 1.165) is 52.7 Å². The molecule has 4 aromatic rings. The Balaban J connectivity index is 1.35. The van der Waals surface area contributed by atoms with Crippen molar-refractivity contribution in [2.24, 2.45) is 0 Å². The van der Waals surface area contributed by atoms with E-state index in [-0.39, 0.29) is 5.91 Å². The molecule has 0 fully saturated rings. The fourth-order valence-electron chi connectivity index (χ4n) is 3.80. The second-order valence-corrected chi connectivity index (χ2v) is 8.32. The number of tetrazole rings is 1. The Hall–Kier alpha value is -2.71. The molecule has 1 aliphatic rings. The van der Waals surface area contributed by atoms with Crippen molar-refractivity contribution < 1.29 is 4.79 Å². The van der Waals surface area contributed by atoms with Crippen LogP contribution in [-0.2, 0) is 19.3 Å². The van der Waals surface area contributed by atoms with Crippen LogP contribution in [0.25, 0.3) is 15.9 Å². The summed E-state index contributed by atoms with van der Waals surface area (Å²) in [6.45, 7) is 0.540. The summed E-state index contributed by atoms with van der Waals surface area (Å²) >= 11 is 7.73. The number of aromatic amines is 1. The fraction of sp³-hybridized carbons (Fsp3) is 0.263. The Kier molecular flexibility index (Phi) is 4.37. The number of nitrogens with zero attached hydrogens (tertiary/aromatic N) is 4. The van der Waals surface area contributed by atoms with Crippen molar-refractivity contribution in [3.8, 4) is 5.00 Å². The third kappa shape index (κ3) is 2.98. The summed E-state index contributed by atoms with van der Waals surface area (Å²) in [4.78, 5) is 17.5. The molecule has 0 spiro atoms. The molecule has 28 heavy (non-hydrogen) atoms. The number of aromatic nitrogens is 5. The number of nitrogens with one attached hydrogen (secondary N) is 2. The van der Waals surface area contributed by atoms with Crippen LogP contribution in [0.5, 0.6) is 0 Å². The van der Waals surface area contributed by atoms with Crippen LogP contribution in [0.4, 0.5) is 0 Å². The quantitative estimate of drug-likeness (QED) is 0.526. The number of benzene rings is 1. The van der Waals surface area contributed by atoms with Crippen LogP contribution >= 0.6 is 22.9 Å². The summed E-state index contributed by atoms with van der Waals surface area (Å²) in [5.74, 6) is -0.0669. The van der Waals surface area contributed by atoms with Crippen molar-refractivity contribution >= 4 is 39.7 Å². The largest absolute Gasteiger partial charge is 0.361 e. The van der Waals surface area contributed by atoms with Gasteiger partial charge in [0.05, 0.1) is 5.56 Å². The maximum Gasteiger partial charge on any atom is 0.254 e. The highest BCUT2D eigenvalue weighted by molar-refractivity contribution is 7.15. The second kappa shape index (κ2) is 7.03. The summed E-state index contributed by atoms with van der Waals surface area (Å²) in [5, 5.41) is 17.1. The number of amides is 1. The number of aryl methyl sites for hydroxylation is 1. The lowest BCUT2D eigenvalue weighted by Crippen LogP contribution is -2.27. The van der Waals surface area contributed by atoms with Gasteiger partial charge in [-0.05, 0) is 65.4 Å². The van der Waals surface area contributed by atoms with Crippen molar-refractivity contribution in [1.29, 1.82) is 0 Å². The number of carbonyl (C=O) groups is 1. The molecule has 1 aliphatic carbocycles. The first-order valence-electron chi connectivity index (χ1n) is 9.12. The van der Waals surface area contributed by atoms with Crippen LogP contribution in [0.15, 0.2) is 30.7 Å². The number of hydrogen-bond donors (Lipinski definition) is 2. The molecule has 3 aromatic heterocycles. The predicted octanol–water partition coefficient (Wildman–Crippen LogP) is 3.32. The topological polar surface area (TPSA) is 88.5 Å². The van der Waals surface area contributed by atoms with Crippen LogP contribution in [-0.4, -0.2) is 37.6 Å². The summed E-state index contributed by atoms with van der Waals surface area (Å²) in [6, 6.07) is 5.78. The minimum Gasteiger partial charge on any atom is -0.361 e. The third-order valence-corrected chi connectivity index (χ3v) is 6.61. The number of rotatable bonds is 5. The smallest absolute Gasteiger partial charge is 0.254 e. The van der Waals surface area contributed by atoms with Gasteiger partial charge < -0.3 is 10.3 Å². The maximum absolute atomic E-state index is 13.0. The Morgan fingerprint density at radius 3 is 3.14 bits per heavy atom. The lowest BCUT2D eigenvalue weighted by atomic mass is 10.1. The van der Waals surface area contributed by atoms with Gasteiger partial charge in [0.25, 0.3) is 5.91 Å². The van der Waals surface area contributed by atoms with Gasteiger partial charge >= 0.3 is 0 Å². The number of thiophene rings is 1. The highest BCUT2D eigenvalue weighted by atomic mass is 35.5. The molecular weight excluding hydrogens is 396 g/mol. The predicted molar refractivity (Wildman–Crippen MR) is 108 cm³/mol. The van der Waals surface area contributed by atoms with Crippen LogP contribution in [0, 0.1) is 0 Å². The van der Waals surface area contributed by atoms with Crippen LogP contribution in [0.1, 0.15) is 32.8 Å². The van der Waals surface area contributed by atoms with Crippen molar-refractivity contribution in [3.63, 3.8) is 0 Å². The highest BCUT2D eigenvalue weighted by Gasteiger charge is 2.27. The normalized spacial score (nSPS) is 13.2. The van der Waals surface area contributed by atoms with E-state index in [0.29, 0.717) is 17.1 Å². The van der Waals surface area contributed by atoms with Crippen molar-refractivity contribution in [1.82, 2.24) is 30.5 Å². The molecule has 2 N–H and O–H groups in total. The van der Waals surface area contributed by atoms with E-state index in [2.05, 4.69) is 25.8 Å². The van der Waals surface area contributed by atoms with Gasteiger partial charge in [-0.15, -0.1) is 16.4 Å². The van der Waals surface area contributed by atoms with Gasteiger partial charge in [0.15, 0.2) is 0 Å². The molecule has 0 saturated carbocycles. The molecule has 3 heterocycles. The second-order valence-electron chi connectivity index (χ2n) is 6.80. The first kappa shape index (κ1) is 17.4. The van der Waals surface area contributed by atoms with Gasteiger partial charge in [0, 0.05) is 33.5 Å². The van der Waals surface area contributed by atoms with Gasteiger partial charge in [-0.2, -0.15) is 4.68 Å². The van der Waals surface area contributed by atoms with Gasteiger partial charge in [-0.3, -0.25) is 4.79 Å². The molecule has 0 atom stereocenters. The van der Waals surface area contributed by atoms with Gasteiger partial charge in [0.2, 0.25) is 0 Å². The zero-order chi connectivity index (χ0) is 19.1. The van der Waals surface area contributed by atoms with E-state index in [1.54, 1.807) is 16.0 Å². The SMILES string of the molecule is O=C(NCCc1c[nH]c2ccc(Cl)cc12)c1c(-n2cnnn2)sc2c1CCC2. The lowest BCUT2D eigenvalue weighted by Gasteiger charge is -2.08. The van der Waals surface area contributed by atoms with Gasteiger partial charge in [-0.25, -0.2) is 0 Å². The molecule has 5 rings (SSSR count). The molecule has 0 saturated heterocycles. The van der Waals surface area contributed by atoms with E-state index >= 15 is 0 Å². The zero-order valence-corrected chi connectivity index (χ0v) is 16.5. The molecular formula is C19H17ClN6OS. The minimum atomic E-state index is -0.0669. The van der Waals surface area contributed by atoms with Crippen LogP contribution in [0.2, 0.25) is 5.02 Å².